The van der Waals surface area contributed by atoms with Crippen LogP contribution in [0.25, 0.3) is 11.4 Å². The summed E-state index contributed by atoms with van der Waals surface area (Å²) in [7, 11) is 0. The fraction of sp³-hybridized carbons (Fsp3) is 0.0625. The molecule has 6 nitrogen and oxygen atoms in total. The largest absolute Gasteiger partial charge is 0.298 e. The number of nitrogens with zero attached hydrogens (tertiary/aromatic N) is 6. The summed E-state index contributed by atoms with van der Waals surface area (Å²) in [5, 5.41) is 27.1. The molecule has 0 radical (unpaired) electrons. The van der Waals surface area contributed by atoms with E-state index in [0.717, 1.165) is 11.4 Å². The zero-order valence-corrected chi connectivity index (χ0v) is 14.0. The van der Waals surface area contributed by atoms with Crippen molar-refractivity contribution in [3.8, 4) is 17.5 Å². The van der Waals surface area contributed by atoms with E-state index in [2.05, 4.69) is 27.0 Å². The number of aromatic nitrogens is 5. The molecule has 0 amide bonds. The molecule has 0 saturated carbocycles. The Balaban J connectivity index is 1.94. The molecule has 0 aliphatic heterocycles. The van der Waals surface area contributed by atoms with Crippen LogP contribution in [0.2, 0.25) is 5.02 Å². The standard InChI is InChI=1S/C16H11ClN6S/c1-2-9-23-15(11-3-5-12(17)6-4-11)21-22-16(23)24-14-8-7-13(10-18)19-20-14/h2-8H,1,9H2. The molecule has 0 bridgehead atoms. The molecule has 3 aromatic rings. The Kier molecular flexibility index (Phi) is 4.89. The van der Waals surface area contributed by atoms with Crippen molar-refractivity contribution in [2.45, 2.75) is 16.7 Å². The summed E-state index contributed by atoms with van der Waals surface area (Å²) in [5.41, 5.74) is 1.18. The average Bonchev–Trinajstić information content (AvgIpc) is 2.99. The third kappa shape index (κ3) is 3.45. The fourth-order valence-electron chi connectivity index (χ4n) is 2.00. The first-order chi connectivity index (χ1) is 11.7. The van der Waals surface area contributed by atoms with Gasteiger partial charge in [-0.3, -0.25) is 4.57 Å². The second kappa shape index (κ2) is 7.25. The van der Waals surface area contributed by atoms with Gasteiger partial charge in [0.1, 0.15) is 11.1 Å². The first kappa shape index (κ1) is 16.2. The van der Waals surface area contributed by atoms with Gasteiger partial charge in [-0.05, 0) is 48.2 Å². The lowest BCUT2D eigenvalue weighted by molar-refractivity contribution is 0.729. The Morgan fingerprint density at radius 2 is 1.92 bits per heavy atom. The smallest absolute Gasteiger partial charge is 0.198 e. The Bertz CT molecular complexity index is 896. The second-order valence-electron chi connectivity index (χ2n) is 4.68. The van der Waals surface area contributed by atoms with Crippen LogP contribution in [0.15, 0.2) is 59.2 Å². The van der Waals surface area contributed by atoms with Gasteiger partial charge in [0.15, 0.2) is 16.7 Å². The predicted octanol–water partition coefficient (Wildman–Crippen LogP) is 3.60. The molecule has 0 spiro atoms. The van der Waals surface area contributed by atoms with E-state index < -0.39 is 0 Å². The topological polar surface area (TPSA) is 80.3 Å². The van der Waals surface area contributed by atoms with E-state index >= 15 is 0 Å². The molecule has 0 aliphatic rings. The third-order valence-corrected chi connectivity index (χ3v) is 4.24. The van der Waals surface area contributed by atoms with Gasteiger partial charge < -0.3 is 0 Å². The van der Waals surface area contributed by atoms with Gasteiger partial charge in [-0.2, -0.15) is 5.26 Å². The molecule has 2 heterocycles. The van der Waals surface area contributed by atoms with Crippen LogP contribution in [-0.2, 0) is 6.54 Å². The van der Waals surface area contributed by atoms with Crippen molar-refractivity contribution in [1.82, 2.24) is 25.0 Å². The molecular weight excluding hydrogens is 344 g/mol. The van der Waals surface area contributed by atoms with E-state index in [9.17, 15) is 0 Å². The Hall–Kier alpha value is -2.69. The second-order valence-corrected chi connectivity index (χ2v) is 6.11. The number of rotatable bonds is 5. The van der Waals surface area contributed by atoms with Crippen LogP contribution in [0.5, 0.6) is 0 Å². The van der Waals surface area contributed by atoms with Gasteiger partial charge in [-0.25, -0.2) is 0 Å². The zero-order chi connectivity index (χ0) is 16.9. The van der Waals surface area contributed by atoms with E-state index in [1.54, 1.807) is 18.2 Å². The van der Waals surface area contributed by atoms with Crippen molar-refractivity contribution in [3.63, 3.8) is 0 Å². The van der Waals surface area contributed by atoms with E-state index in [1.807, 2.05) is 34.9 Å². The van der Waals surface area contributed by atoms with Gasteiger partial charge in [0.25, 0.3) is 0 Å². The van der Waals surface area contributed by atoms with Crippen molar-refractivity contribution < 1.29 is 0 Å². The maximum absolute atomic E-state index is 8.77. The Labute approximate surface area is 147 Å². The molecule has 24 heavy (non-hydrogen) atoms. The summed E-state index contributed by atoms with van der Waals surface area (Å²) >= 11 is 7.26. The lowest BCUT2D eigenvalue weighted by Crippen LogP contribution is -2.01. The van der Waals surface area contributed by atoms with Crippen molar-refractivity contribution in [2.24, 2.45) is 0 Å². The Morgan fingerprint density at radius 1 is 1.12 bits per heavy atom. The van der Waals surface area contributed by atoms with E-state index in [4.69, 9.17) is 16.9 Å². The molecule has 2 aromatic heterocycles. The number of hydrogen-bond acceptors (Lipinski definition) is 6. The minimum Gasteiger partial charge on any atom is -0.298 e. The van der Waals surface area contributed by atoms with Gasteiger partial charge in [-0.15, -0.1) is 27.0 Å². The van der Waals surface area contributed by atoms with Crippen LogP contribution >= 0.6 is 23.4 Å². The van der Waals surface area contributed by atoms with Crippen molar-refractivity contribution >= 4 is 23.4 Å². The molecule has 0 atom stereocenters. The lowest BCUT2D eigenvalue weighted by atomic mass is 10.2. The highest BCUT2D eigenvalue weighted by atomic mass is 35.5. The molecule has 0 aliphatic carbocycles. The summed E-state index contributed by atoms with van der Waals surface area (Å²) in [6, 6.07) is 12.7. The molecule has 0 saturated heterocycles. The zero-order valence-electron chi connectivity index (χ0n) is 12.4. The van der Waals surface area contributed by atoms with Crippen LogP contribution < -0.4 is 0 Å². The first-order valence-electron chi connectivity index (χ1n) is 6.93. The van der Waals surface area contributed by atoms with Gasteiger partial charge in [0, 0.05) is 17.1 Å². The van der Waals surface area contributed by atoms with Crippen LogP contribution in [-0.4, -0.2) is 25.0 Å². The number of halogens is 1. The quantitative estimate of drug-likeness (QED) is 0.651. The van der Waals surface area contributed by atoms with E-state index in [1.165, 1.54) is 11.8 Å². The van der Waals surface area contributed by atoms with Crippen LogP contribution in [0.3, 0.4) is 0 Å². The van der Waals surface area contributed by atoms with Crippen LogP contribution in [0.1, 0.15) is 5.69 Å². The molecule has 1 aromatic carbocycles. The number of benzene rings is 1. The van der Waals surface area contributed by atoms with Gasteiger partial charge in [0.2, 0.25) is 0 Å². The number of hydrogen-bond donors (Lipinski definition) is 0. The van der Waals surface area contributed by atoms with E-state index in [-0.39, 0.29) is 5.69 Å². The van der Waals surface area contributed by atoms with Crippen molar-refractivity contribution in [3.05, 3.63) is 59.8 Å². The molecule has 0 unspecified atom stereocenters. The number of nitriles is 1. The molecule has 3 rings (SSSR count). The summed E-state index contributed by atoms with van der Waals surface area (Å²) in [4.78, 5) is 0. The van der Waals surface area contributed by atoms with Gasteiger partial charge >= 0.3 is 0 Å². The Morgan fingerprint density at radius 3 is 2.54 bits per heavy atom. The summed E-state index contributed by atoms with van der Waals surface area (Å²) < 4.78 is 1.93. The van der Waals surface area contributed by atoms with Gasteiger partial charge in [-0.1, -0.05) is 17.7 Å². The molecule has 118 valence electrons. The maximum Gasteiger partial charge on any atom is 0.198 e. The lowest BCUT2D eigenvalue weighted by Gasteiger charge is -2.07. The molecule has 0 fully saturated rings. The van der Waals surface area contributed by atoms with E-state index in [0.29, 0.717) is 21.7 Å². The van der Waals surface area contributed by atoms with Crippen LogP contribution in [0.4, 0.5) is 0 Å². The highest BCUT2D eigenvalue weighted by molar-refractivity contribution is 7.99. The van der Waals surface area contributed by atoms with Crippen molar-refractivity contribution in [2.75, 3.05) is 0 Å². The normalized spacial score (nSPS) is 10.3. The minimum absolute atomic E-state index is 0.272. The molecular formula is C16H11ClN6S. The van der Waals surface area contributed by atoms with Crippen molar-refractivity contribution in [1.29, 1.82) is 5.26 Å². The molecule has 0 N–H and O–H groups in total. The molecule has 8 heteroatoms. The monoisotopic (exact) mass is 354 g/mol. The van der Waals surface area contributed by atoms with Crippen LogP contribution in [0, 0.1) is 11.3 Å². The average molecular weight is 355 g/mol. The van der Waals surface area contributed by atoms with Gasteiger partial charge in [0.05, 0.1) is 0 Å². The minimum atomic E-state index is 0.272. The summed E-state index contributed by atoms with van der Waals surface area (Å²) in [6.45, 7) is 4.34. The first-order valence-corrected chi connectivity index (χ1v) is 8.12. The highest BCUT2D eigenvalue weighted by Gasteiger charge is 2.15. The maximum atomic E-state index is 8.77. The third-order valence-electron chi connectivity index (χ3n) is 3.08. The summed E-state index contributed by atoms with van der Waals surface area (Å²) in [6.07, 6.45) is 1.78. The summed E-state index contributed by atoms with van der Waals surface area (Å²) in [5.74, 6) is 0.718. The number of allylic oxidation sites excluding steroid dienone is 1. The SMILES string of the molecule is C=CCn1c(Sc2ccc(C#N)nn2)nnc1-c1ccc(Cl)cc1. The predicted molar refractivity (Wildman–Crippen MR) is 91.5 cm³/mol. The fourth-order valence-corrected chi connectivity index (χ4v) is 2.88. The highest BCUT2D eigenvalue weighted by Crippen LogP contribution is 2.28.